The normalized spacial score (nSPS) is 17.1. The van der Waals surface area contributed by atoms with Gasteiger partial charge in [0.05, 0.1) is 0 Å². The molecular weight excluding hydrogens is 216 g/mol. The van der Waals surface area contributed by atoms with Crippen molar-refractivity contribution in [1.29, 1.82) is 0 Å². The summed E-state index contributed by atoms with van der Waals surface area (Å²) in [7, 11) is 2.04. The zero-order valence-electron chi connectivity index (χ0n) is 10.0. The molecule has 1 aliphatic carbocycles. The number of hydrogen-bond acceptors (Lipinski definition) is 3. The average Bonchev–Trinajstić information content (AvgIpc) is 3.08. The molecule has 0 saturated heterocycles. The molecule has 1 aromatic carbocycles. The van der Waals surface area contributed by atoms with Crippen molar-refractivity contribution in [2.45, 2.75) is 17.7 Å². The summed E-state index contributed by atoms with van der Waals surface area (Å²) >= 11 is 1.78. The van der Waals surface area contributed by atoms with E-state index in [0.29, 0.717) is 5.41 Å². The summed E-state index contributed by atoms with van der Waals surface area (Å²) in [6, 6.07) is 8.68. The summed E-state index contributed by atoms with van der Waals surface area (Å²) in [5, 5.41) is 6.82. The Bertz CT molecular complexity index is 330. The Balaban J connectivity index is 1.85. The predicted molar refractivity (Wildman–Crippen MR) is 72.3 cm³/mol. The van der Waals surface area contributed by atoms with Crippen LogP contribution >= 0.6 is 11.8 Å². The maximum absolute atomic E-state index is 3.53. The van der Waals surface area contributed by atoms with Crippen molar-refractivity contribution >= 4 is 17.4 Å². The molecule has 1 fully saturated rings. The number of benzene rings is 1. The van der Waals surface area contributed by atoms with Crippen molar-refractivity contribution < 1.29 is 0 Å². The van der Waals surface area contributed by atoms with Crippen LogP contribution in [0.25, 0.3) is 0 Å². The second kappa shape index (κ2) is 5.11. The maximum atomic E-state index is 3.53. The standard InChI is InChI=1S/C13H20N2S/c1-14-9-13(7-8-13)10-15-11-3-5-12(16-2)6-4-11/h3-6,14-15H,7-10H2,1-2H3. The molecule has 0 amide bonds. The van der Waals surface area contributed by atoms with Gasteiger partial charge in [-0.3, -0.25) is 0 Å². The van der Waals surface area contributed by atoms with Crippen LogP contribution in [0.5, 0.6) is 0 Å². The van der Waals surface area contributed by atoms with Gasteiger partial charge in [0.25, 0.3) is 0 Å². The van der Waals surface area contributed by atoms with Gasteiger partial charge in [-0.2, -0.15) is 0 Å². The SMILES string of the molecule is CNCC1(CNc2ccc(SC)cc2)CC1. The van der Waals surface area contributed by atoms with Gasteiger partial charge in [-0.05, 0) is 50.4 Å². The van der Waals surface area contributed by atoms with Gasteiger partial charge in [-0.15, -0.1) is 11.8 Å². The largest absolute Gasteiger partial charge is 0.384 e. The molecule has 88 valence electrons. The second-order valence-electron chi connectivity index (χ2n) is 4.61. The van der Waals surface area contributed by atoms with E-state index in [4.69, 9.17) is 0 Å². The number of rotatable bonds is 6. The van der Waals surface area contributed by atoms with Gasteiger partial charge < -0.3 is 10.6 Å². The molecule has 1 aromatic rings. The Hall–Kier alpha value is -0.670. The Morgan fingerprint density at radius 2 is 1.88 bits per heavy atom. The third kappa shape index (κ3) is 2.92. The van der Waals surface area contributed by atoms with Gasteiger partial charge in [0.1, 0.15) is 0 Å². The first-order chi connectivity index (χ1) is 7.78. The minimum Gasteiger partial charge on any atom is -0.384 e. The Labute approximate surface area is 102 Å². The van der Waals surface area contributed by atoms with Gasteiger partial charge in [-0.25, -0.2) is 0 Å². The highest BCUT2D eigenvalue weighted by molar-refractivity contribution is 7.98. The van der Waals surface area contributed by atoms with E-state index in [1.165, 1.54) is 23.4 Å². The third-order valence-corrected chi connectivity index (χ3v) is 4.01. The lowest BCUT2D eigenvalue weighted by atomic mass is 10.1. The summed E-state index contributed by atoms with van der Waals surface area (Å²) in [5.74, 6) is 0. The highest BCUT2D eigenvalue weighted by Crippen LogP contribution is 2.44. The van der Waals surface area contributed by atoms with Crippen LogP contribution in [0.1, 0.15) is 12.8 Å². The van der Waals surface area contributed by atoms with Gasteiger partial charge in [0, 0.05) is 29.1 Å². The smallest absolute Gasteiger partial charge is 0.0341 e. The van der Waals surface area contributed by atoms with E-state index in [1.54, 1.807) is 11.8 Å². The molecule has 2 rings (SSSR count). The molecule has 0 unspecified atom stereocenters. The van der Waals surface area contributed by atoms with Gasteiger partial charge in [0.2, 0.25) is 0 Å². The van der Waals surface area contributed by atoms with Gasteiger partial charge >= 0.3 is 0 Å². The zero-order chi connectivity index (χ0) is 11.4. The molecule has 0 radical (unpaired) electrons. The van der Waals surface area contributed by atoms with Crippen LogP contribution in [0.15, 0.2) is 29.2 Å². The summed E-state index contributed by atoms with van der Waals surface area (Å²) in [5.41, 5.74) is 1.76. The van der Waals surface area contributed by atoms with Crippen molar-refractivity contribution in [3.63, 3.8) is 0 Å². The maximum Gasteiger partial charge on any atom is 0.0341 e. The molecule has 0 spiro atoms. The lowest BCUT2D eigenvalue weighted by Gasteiger charge is -2.16. The first kappa shape index (κ1) is 11.8. The van der Waals surface area contributed by atoms with Crippen LogP contribution in [0.4, 0.5) is 5.69 Å². The molecule has 1 saturated carbocycles. The Morgan fingerprint density at radius 1 is 1.19 bits per heavy atom. The third-order valence-electron chi connectivity index (χ3n) is 3.27. The summed E-state index contributed by atoms with van der Waals surface area (Å²) in [6.07, 6.45) is 4.81. The first-order valence-electron chi connectivity index (χ1n) is 5.81. The minimum absolute atomic E-state index is 0.521. The van der Waals surface area contributed by atoms with E-state index in [-0.39, 0.29) is 0 Å². The lowest BCUT2D eigenvalue weighted by Crippen LogP contribution is -2.26. The molecule has 0 bridgehead atoms. The van der Waals surface area contributed by atoms with E-state index >= 15 is 0 Å². The topological polar surface area (TPSA) is 24.1 Å². The summed E-state index contributed by atoms with van der Waals surface area (Å²) in [4.78, 5) is 1.32. The van der Waals surface area contributed by atoms with Crippen LogP contribution in [0, 0.1) is 5.41 Å². The van der Waals surface area contributed by atoms with Crippen LogP contribution in [0.3, 0.4) is 0 Å². The number of nitrogens with one attached hydrogen (secondary N) is 2. The molecule has 16 heavy (non-hydrogen) atoms. The second-order valence-corrected chi connectivity index (χ2v) is 5.49. The fourth-order valence-corrected chi connectivity index (χ4v) is 2.37. The van der Waals surface area contributed by atoms with Crippen LogP contribution in [-0.2, 0) is 0 Å². The zero-order valence-corrected chi connectivity index (χ0v) is 10.9. The van der Waals surface area contributed by atoms with E-state index < -0.39 is 0 Å². The molecule has 0 aliphatic heterocycles. The fourth-order valence-electron chi connectivity index (χ4n) is 1.97. The molecular formula is C13H20N2S. The van der Waals surface area contributed by atoms with E-state index in [0.717, 1.165) is 13.1 Å². The number of hydrogen-bond donors (Lipinski definition) is 2. The van der Waals surface area contributed by atoms with Gasteiger partial charge in [0.15, 0.2) is 0 Å². The van der Waals surface area contributed by atoms with Crippen molar-refractivity contribution in [1.82, 2.24) is 5.32 Å². The van der Waals surface area contributed by atoms with Crippen LogP contribution < -0.4 is 10.6 Å². The van der Waals surface area contributed by atoms with Crippen LogP contribution in [-0.4, -0.2) is 26.4 Å². The van der Waals surface area contributed by atoms with Gasteiger partial charge in [-0.1, -0.05) is 0 Å². The Morgan fingerprint density at radius 3 is 2.38 bits per heavy atom. The van der Waals surface area contributed by atoms with E-state index in [1.807, 2.05) is 7.05 Å². The molecule has 1 aliphatic rings. The number of thioether (sulfide) groups is 1. The van der Waals surface area contributed by atoms with E-state index in [2.05, 4.69) is 41.2 Å². The van der Waals surface area contributed by atoms with E-state index in [9.17, 15) is 0 Å². The van der Waals surface area contributed by atoms with Crippen molar-refractivity contribution in [2.24, 2.45) is 5.41 Å². The minimum atomic E-state index is 0.521. The molecule has 2 nitrogen and oxygen atoms in total. The average molecular weight is 236 g/mol. The molecule has 0 heterocycles. The van der Waals surface area contributed by atoms with Crippen molar-refractivity contribution in [3.8, 4) is 0 Å². The van der Waals surface area contributed by atoms with Crippen LogP contribution in [0.2, 0.25) is 0 Å². The van der Waals surface area contributed by atoms with Crippen molar-refractivity contribution in [3.05, 3.63) is 24.3 Å². The van der Waals surface area contributed by atoms with Crippen molar-refractivity contribution in [2.75, 3.05) is 31.7 Å². The first-order valence-corrected chi connectivity index (χ1v) is 7.03. The monoisotopic (exact) mass is 236 g/mol. The molecule has 2 N–H and O–H groups in total. The quantitative estimate of drug-likeness (QED) is 0.743. The highest BCUT2D eigenvalue weighted by Gasteiger charge is 2.41. The number of anilines is 1. The predicted octanol–water partition coefficient (Wildman–Crippen LogP) is 2.82. The molecule has 0 atom stereocenters. The Kier molecular flexibility index (Phi) is 3.77. The molecule has 0 aromatic heterocycles. The highest BCUT2D eigenvalue weighted by atomic mass is 32.2. The summed E-state index contributed by atoms with van der Waals surface area (Å²) < 4.78 is 0. The lowest BCUT2D eigenvalue weighted by molar-refractivity contribution is 0.507. The fraction of sp³-hybridized carbons (Fsp3) is 0.538. The summed E-state index contributed by atoms with van der Waals surface area (Å²) in [6.45, 7) is 2.22. The molecule has 3 heteroatoms.